The predicted molar refractivity (Wildman–Crippen MR) is 79.5 cm³/mol. The minimum atomic E-state index is -0.489. The van der Waals surface area contributed by atoms with Gasteiger partial charge in [-0.05, 0) is 37.3 Å². The summed E-state index contributed by atoms with van der Waals surface area (Å²) in [7, 11) is 0. The average Bonchev–Trinajstić information content (AvgIpc) is 3.30. The van der Waals surface area contributed by atoms with E-state index in [1.165, 1.54) is 11.1 Å². The van der Waals surface area contributed by atoms with Crippen molar-refractivity contribution in [3.8, 4) is 0 Å². The monoisotopic (exact) mass is 287 g/mol. The van der Waals surface area contributed by atoms with Crippen molar-refractivity contribution in [1.29, 1.82) is 0 Å². The van der Waals surface area contributed by atoms with E-state index in [4.69, 9.17) is 0 Å². The molecule has 3 N–H and O–H groups in total. The smallest absolute Gasteiger partial charge is 0.242 e. The van der Waals surface area contributed by atoms with Crippen molar-refractivity contribution in [3.05, 3.63) is 35.4 Å². The maximum atomic E-state index is 12.3. The van der Waals surface area contributed by atoms with Gasteiger partial charge in [0, 0.05) is 12.6 Å². The lowest BCUT2D eigenvalue weighted by Gasteiger charge is -2.26. The van der Waals surface area contributed by atoms with Crippen LogP contribution in [0, 0.1) is 0 Å². The second kappa shape index (κ2) is 5.85. The molecule has 1 unspecified atom stereocenters. The number of rotatable bonds is 4. The largest absolute Gasteiger partial charge is 0.352 e. The van der Waals surface area contributed by atoms with Crippen LogP contribution in [0.2, 0.25) is 0 Å². The van der Waals surface area contributed by atoms with Crippen LogP contribution in [0.1, 0.15) is 30.9 Å². The van der Waals surface area contributed by atoms with Crippen LogP contribution < -0.4 is 16.0 Å². The number of carbonyl (C=O) groups is 2. The lowest BCUT2D eigenvalue weighted by molar-refractivity contribution is -0.129. The molecule has 5 nitrogen and oxygen atoms in total. The molecule has 1 fully saturated rings. The van der Waals surface area contributed by atoms with Gasteiger partial charge in [-0.25, -0.2) is 0 Å². The van der Waals surface area contributed by atoms with Crippen molar-refractivity contribution in [2.24, 2.45) is 0 Å². The summed E-state index contributed by atoms with van der Waals surface area (Å²) < 4.78 is 0. The van der Waals surface area contributed by atoms with Gasteiger partial charge in [-0.3, -0.25) is 9.59 Å². The first-order valence-electron chi connectivity index (χ1n) is 7.54. The zero-order chi connectivity index (χ0) is 14.8. The molecule has 2 aliphatic rings. The molecule has 3 rings (SSSR count). The molecule has 5 heteroatoms. The van der Waals surface area contributed by atoms with Crippen LogP contribution in [0.4, 0.5) is 0 Å². The Morgan fingerprint density at radius 3 is 2.67 bits per heavy atom. The lowest BCUT2D eigenvalue weighted by Crippen LogP contribution is -2.53. The zero-order valence-electron chi connectivity index (χ0n) is 12.2. The van der Waals surface area contributed by atoms with E-state index in [0.717, 1.165) is 12.8 Å². The molecule has 112 valence electrons. The second-order valence-corrected chi connectivity index (χ2v) is 5.92. The Bertz CT molecular complexity index is 554. The Hall–Kier alpha value is -1.88. The molecule has 1 aliphatic heterocycles. The van der Waals surface area contributed by atoms with Gasteiger partial charge in [0.15, 0.2) is 0 Å². The number of hydrogen-bond acceptors (Lipinski definition) is 3. The Morgan fingerprint density at radius 1 is 1.24 bits per heavy atom. The third-order valence-electron chi connectivity index (χ3n) is 4.07. The molecule has 0 spiro atoms. The fourth-order valence-electron chi connectivity index (χ4n) is 2.57. The predicted octanol–water partition coefficient (Wildman–Crippen LogP) is 0.484. The van der Waals surface area contributed by atoms with Gasteiger partial charge < -0.3 is 16.0 Å². The maximum Gasteiger partial charge on any atom is 0.242 e. The molecule has 1 heterocycles. The molecule has 2 amide bonds. The van der Waals surface area contributed by atoms with Gasteiger partial charge >= 0.3 is 0 Å². The van der Waals surface area contributed by atoms with Gasteiger partial charge in [0.05, 0.1) is 6.04 Å². The van der Waals surface area contributed by atoms with E-state index >= 15 is 0 Å². The topological polar surface area (TPSA) is 70.2 Å². The van der Waals surface area contributed by atoms with Crippen molar-refractivity contribution >= 4 is 11.8 Å². The number of fused-ring (bicyclic) bond motifs is 1. The van der Waals surface area contributed by atoms with E-state index in [-0.39, 0.29) is 17.9 Å². The van der Waals surface area contributed by atoms with Gasteiger partial charge in [0.1, 0.15) is 6.04 Å². The molecule has 0 saturated heterocycles. The Balaban J connectivity index is 1.55. The Kier molecular flexibility index (Phi) is 3.92. The van der Waals surface area contributed by atoms with Crippen LogP contribution in [-0.4, -0.2) is 29.9 Å². The van der Waals surface area contributed by atoms with E-state index < -0.39 is 6.04 Å². The minimum absolute atomic E-state index is 0.0953. The summed E-state index contributed by atoms with van der Waals surface area (Å²) in [6, 6.07) is 7.68. The summed E-state index contributed by atoms with van der Waals surface area (Å²) in [5, 5.41) is 8.93. The molecule has 0 radical (unpaired) electrons. The number of hydrogen-bond donors (Lipinski definition) is 3. The molecule has 2 atom stereocenters. The normalized spacial score (nSPS) is 22.0. The highest BCUT2D eigenvalue weighted by atomic mass is 16.2. The SMILES string of the molecule is CC(NC(=O)[C@@H]1Cc2ccccc2CN1)C(=O)NC1CC1. The van der Waals surface area contributed by atoms with E-state index in [1.807, 2.05) is 12.1 Å². The van der Waals surface area contributed by atoms with Crippen LogP contribution in [0.5, 0.6) is 0 Å². The van der Waals surface area contributed by atoms with Crippen molar-refractivity contribution in [2.45, 2.75) is 50.9 Å². The summed E-state index contributed by atoms with van der Waals surface area (Å²) in [6.07, 6.45) is 2.76. The summed E-state index contributed by atoms with van der Waals surface area (Å²) in [5.74, 6) is -0.204. The quantitative estimate of drug-likeness (QED) is 0.754. The highest BCUT2D eigenvalue weighted by Crippen LogP contribution is 2.19. The van der Waals surface area contributed by atoms with Crippen molar-refractivity contribution in [2.75, 3.05) is 0 Å². The third kappa shape index (κ3) is 3.42. The lowest BCUT2D eigenvalue weighted by atomic mass is 9.95. The summed E-state index contributed by atoms with van der Waals surface area (Å²) in [6.45, 7) is 2.42. The van der Waals surface area contributed by atoms with Gasteiger partial charge in [-0.2, -0.15) is 0 Å². The molecular weight excluding hydrogens is 266 g/mol. The van der Waals surface area contributed by atoms with Crippen LogP contribution in [0.3, 0.4) is 0 Å². The fraction of sp³-hybridized carbons (Fsp3) is 0.500. The van der Waals surface area contributed by atoms with E-state index in [0.29, 0.717) is 19.0 Å². The van der Waals surface area contributed by atoms with Gasteiger partial charge in [-0.15, -0.1) is 0 Å². The maximum absolute atomic E-state index is 12.3. The molecule has 21 heavy (non-hydrogen) atoms. The van der Waals surface area contributed by atoms with E-state index in [2.05, 4.69) is 28.1 Å². The first-order chi connectivity index (χ1) is 10.1. The standard InChI is InChI=1S/C16H21N3O2/c1-10(15(20)19-13-6-7-13)18-16(21)14-8-11-4-2-3-5-12(11)9-17-14/h2-5,10,13-14,17H,6-9H2,1H3,(H,18,21)(H,19,20)/t10?,14-/m0/s1. The fourth-order valence-corrected chi connectivity index (χ4v) is 2.57. The Morgan fingerprint density at radius 2 is 1.95 bits per heavy atom. The average molecular weight is 287 g/mol. The van der Waals surface area contributed by atoms with E-state index in [1.54, 1.807) is 6.92 Å². The number of carbonyl (C=O) groups excluding carboxylic acids is 2. The Labute approximate surface area is 124 Å². The van der Waals surface area contributed by atoms with Crippen LogP contribution in [-0.2, 0) is 22.6 Å². The van der Waals surface area contributed by atoms with Gasteiger partial charge in [-0.1, -0.05) is 24.3 Å². The summed E-state index contributed by atoms with van der Waals surface area (Å²) >= 11 is 0. The van der Waals surface area contributed by atoms with Crippen molar-refractivity contribution in [3.63, 3.8) is 0 Å². The van der Waals surface area contributed by atoms with Gasteiger partial charge in [0.2, 0.25) is 11.8 Å². The highest BCUT2D eigenvalue weighted by Gasteiger charge is 2.29. The van der Waals surface area contributed by atoms with E-state index in [9.17, 15) is 9.59 Å². The first-order valence-corrected chi connectivity index (χ1v) is 7.54. The molecular formula is C16H21N3O2. The van der Waals surface area contributed by atoms with Crippen LogP contribution in [0.25, 0.3) is 0 Å². The summed E-state index contributed by atoms with van der Waals surface area (Å²) in [5.41, 5.74) is 2.44. The number of nitrogens with one attached hydrogen (secondary N) is 3. The molecule has 1 aromatic carbocycles. The molecule has 1 aliphatic carbocycles. The van der Waals surface area contributed by atoms with Crippen molar-refractivity contribution < 1.29 is 9.59 Å². The first kappa shape index (κ1) is 14.1. The molecule has 0 bridgehead atoms. The van der Waals surface area contributed by atoms with Crippen LogP contribution in [0.15, 0.2) is 24.3 Å². The zero-order valence-corrected chi connectivity index (χ0v) is 12.2. The van der Waals surface area contributed by atoms with Gasteiger partial charge in [0.25, 0.3) is 0 Å². The molecule has 1 aromatic rings. The highest BCUT2D eigenvalue weighted by molar-refractivity contribution is 5.90. The number of benzene rings is 1. The third-order valence-corrected chi connectivity index (χ3v) is 4.07. The van der Waals surface area contributed by atoms with Crippen molar-refractivity contribution in [1.82, 2.24) is 16.0 Å². The second-order valence-electron chi connectivity index (χ2n) is 5.92. The number of amides is 2. The molecule has 1 saturated carbocycles. The summed E-state index contributed by atoms with van der Waals surface area (Å²) in [4.78, 5) is 24.1. The van der Waals surface area contributed by atoms with Crippen LogP contribution >= 0.6 is 0 Å². The minimum Gasteiger partial charge on any atom is -0.352 e. The molecule has 0 aromatic heterocycles.